The molecule has 11 aromatic carbocycles. The number of nitrogens with zero attached hydrogens (tertiary/aromatic N) is 3. The lowest BCUT2D eigenvalue weighted by Gasteiger charge is -2.17. The molecule has 0 aliphatic heterocycles. The van der Waals surface area contributed by atoms with Crippen LogP contribution in [0.25, 0.3) is 104 Å². The maximum Gasteiger partial charge on any atom is 0.328 e. The highest BCUT2D eigenvalue weighted by Gasteiger charge is 2.14. The van der Waals surface area contributed by atoms with Crippen molar-refractivity contribution in [3.63, 3.8) is 0 Å². The molecule has 38 nitrogen and oxygen atoms in total. The van der Waals surface area contributed by atoms with Crippen molar-refractivity contribution in [1.29, 1.82) is 0 Å². The van der Waals surface area contributed by atoms with Crippen molar-refractivity contribution in [2.75, 3.05) is 42.4 Å². The minimum absolute atomic E-state index is 0.116. The van der Waals surface area contributed by atoms with Crippen molar-refractivity contribution < 1.29 is 109 Å². The predicted molar refractivity (Wildman–Crippen MR) is 578 cm³/mol. The normalized spacial score (nSPS) is 10.6. The highest BCUT2D eigenvalue weighted by Crippen LogP contribution is 2.29. The second-order valence-corrected chi connectivity index (χ2v) is 32.0. The standard InChI is InChI=1S/C17H15NO3.C15H12N2O2.C11H14N2O2.C11H9NO3.C11H9NO2S.C10H11NO2.C9H8INO2.2C9H10N2O2.C6H7N3O2/c1-18(15-5-3-2-4-6-15)17(21)14-10-7-13(8-11-14)9-12-16(19)20;18-15(17-19)8-6-10-5-7-14-12(9-10)11-3-1-2-4-13(11)16-14;1-13(2)10-6-4-3-5-9(10)7-8-11(14)12-15;2*13-11(12-14)6-5-8-7-15-10-4-2-1-3-9(8)10;1-8-3-2-4-9(7-8)5-6-10(12)11-13;2*10-8-4-1-7(2-5-8)3-6-9(12)11-13;10-8-4-2-1-3-7(8)5-6-9(12)11-13;10-6(9-11)2-1-5-3-7-4-8-5/h2-12H,1H3,(H,19,20);1-9,16,19H,(H,17,18);3-8,15H,1-2H3,(H,12,14);2*1-7,14H,(H,12,13);2-7,13H,1H3,(H,11,12);1-6,13H,(H,11,12);2*1-6,13H,10H2,(H,11,12);1-4,11H,(H,7,8)(H,9,10)/b12-9+;8-6+;8-7+;3*6-5+;2*6-3+;6-5+;2-1+. The zero-order valence-electron chi connectivity index (χ0n) is 79.4. The zero-order chi connectivity index (χ0) is 108. The molecule has 0 fully saturated rings. The van der Waals surface area contributed by atoms with E-state index in [1.54, 1.807) is 161 Å². The molecule has 0 spiro atoms. The number of carboxylic acids is 1. The Bertz CT molecular complexity index is 7020. The zero-order valence-corrected chi connectivity index (χ0v) is 82.4. The number of carbonyl (C=O) groups excluding carboxylic acids is 10. The third-order valence-electron chi connectivity index (χ3n) is 19.1. The van der Waals surface area contributed by atoms with E-state index in [1.165, 1.54) is 117 Å². The maximum absolute atomic E-state index is 12.3. The number of carboxylic acid groups (broad SMARTS) is 1. The number of thiophene rings is 1. The number of nitrogens with two attached hydrogens (primary N) is 2. The van der Waals surface area contributed by atoms with Gasteiger partial charge in [-0.3, -0.25) is 94.8 Å². The smallest absolute Gasteiger partial charge is 0.328 e. The van der Waals surface area contributed by atoms with Crippen LogP contribution in [0.1, 0.15) is 71.7 Å². The number of fused-ring (bicyclic) bond motifs is 5. The molecule has 0 saturated heterocycles. The van der Waals surface area contributed by atoms with Crippen LogP contribution in [0.5, 0.6) is 0 Å². The quantitative estimate of drug-likeness (QED) is 0.00929. The summed E-state index contributed by atoms with van der Waals surface area (Å²) in [7, 11) is 5.58. The third kappa shape index (κ3) is 44.2. The number of benzene rings is 11. The van der Waals surface area contributed by atoms with Crippen LogP contribution in [-0.4, -0.2) is 153 Å². The van der Waals surface area contributed by atoms with Gasteiger partial charge in [0, 0.05) is 151 Å². The summed E-state index contributed by atoms with van der Waals surface area (Å²) in [4.78, 5) is 132. The van der Waals surface area contributed by atoms with Gasteiger partial charge in [0.15, 0.2) is 0 Å². The first-order valence-electron chi connectivity index (χ1n) is 43.5. The van der Waals surface area contributed by atoms with Crippen molar-refractivity contribution in [3.8, 4) is 0 Å². The summed E-state index contributed by atoms with van der Waals surface area (Å²) in [5, 5.41) is 89.2. The molecule has 0 unspecified atom stereocenters. The molecule has 40 heteroatoms. The van der Waals surface area contributed by atoms with E-state index in [9.17, 15) is 52.7 Å². The molecule has 0 aliphatic rings. The summed E-state index contributed by atoms with van der Waals surface area (Å²) in [6.07, 6.45) is 32.9. The Morgan fingerprint density at radius 2 is 0.791 bits per heavy atom. The van der Waals surface area contributed by atoms with Crippen molar-refractivity contribution >= 4 is 225 Å². The molecule has 0 aliphatic carbocycles. The topological polar surface area (TPSA) is 614 Å². The van der Waals surface area contributed by atoms with Crippen molar-refractivity contribution in [2.24, 2.45) is 0 Å². The second-order valence-electron chi connectivity index (χ2n) is 29.8. The Morgan fingerprint density at radius 1 is 0.378 bits per heavy atom. The molecule has 4 heterocycles. The molecule has 0 bridgehead atoms. The number of anilines is 4. The first kappa shape index (κ1) is 118. The fourth-order valence-corrected chi connectivity index (χ4v) is 13.2. The Hall–Kier alpha value is -18.7. The van der Waals surface area contributed by atoms with Gasteiger partial charge in [-0.1, -0.05) is 181 Å². The lowest BCUT2D eigenvalue weighted by molar-refractivity contribution is -0.131. The van der Waals surface area contributed by atoms with E-state index >= 15 is 0 Å². The van der Waals surface area contributed by atoms with Crippen LogP contribution >= 0.6 is 33.9 Å². The lowest BCUT2D eigenvalue weighted by atomic mass is 10.1. The van der Waals surface area contributed by atoms with E-state index in [4.69, 9.17) is 67.9 Å². The number of aromatic amines is 2. The number of nitrogens with one attached hydrogen (secondary N) is 11. The average Bonchev–Trinajstić information content (AvgIpc) is 1.63. The summed E-state index contributed by atoms with van der Waals surface area (Å²) in [5.74, 6) is -6.05. The summed E-state index contributed by atoms with van der Waals surface area (Å²) in [5.41, 5.74) is 40.9. The number of halogens is 1. The number of hydrogen-bond donors (Lipinski definition) is 23. The number of para-hydroxylation sites is 5. The fourth-order valence-electron chi connectivity index (χ4n) is 12.0. The number of amides is 10. The second kappa shape index (κ2) is 66.1. The number of aliphatic carboxylic acids is 1. The molecule has 762 valence electrons. The highest BCUT2D eigenvalue weighted by atomic mass is 127. The van der Waals surface area contributed by atoms with Crippen molar-refractivity contribution in [2.45, 2.75) is 6.92 Å². The maximum atomic E-state index is 12.3. The van der Waals surface area contributed by atoms with Crippen LogP contribution < -0.4 is 70.6 Å². The van der Waals surface area contributed by atoms with E-state index in [0.29, 0.717) is 22.6 Å². The van der Waals surface area contributed by atoms with Gasteiger partial charge in [-0.25, -0.2) is 59.1 Å². The minimum atomic E-state index is -1.00. The number of hydrogen-bond acceptors (Lipinski definition) is 26. The van der Waals surface area contributed by atoms with Gasteiger partial charge in [0.05, 0.1) is 24.5 Å². The van der Waals surface area contributed by atoms with E-state index in [-0.39, 0.29) is 5.91 Å². The highest BCUT2D eigenvalue weighted by molar-refractivity contribution is 14.1. The van der Waals surface area contributed by atoms with Gasteiger partial charge < -0.3 is 40.8 Å². The van der Waals surface area contributed by atoms with Gasteiger partial charge in [-0.05, 0) is 237 Å². The number of imidazole rings is 1. The van der Waals surface area contributed by atoms with Gasteiger partial charge in [0.2, 0.25) is 0 Å². The Morgan fingerprint density at radius 3 is 1.30 bits per heavy atom. The number of aryl methyl sites for hydroxylation is 1. The number of hydroxylamine groups is 9. The van der Waals surface area contributed by atoms with Gasteiger partial charge in [-0.15, -0.1) is 11.3 Å². The number of furan rings is 1. The SMILES string of the molecule is CN(C(=O)c1ccc(/C=C/C(=O)O)cc1)c1ccccc1.CN(C)c1ccccc1/C=C/C(=O)NO.Cc1cccc(/C=C/C(=O)NO)c1.Nc1ccc(/C=C/C(=O)NO)cc1.Nc1ccccc1/C=C/C(=O)NO.O=C(/C=C/c1ccc(I)cc1)NO.O=C(/C=C/c1ccc2[nH]c3ccccc3c2c1)NO.O=C(/C=C/c1cnc[nH]1)NO.O=C(/C=C/c1coc2ccccc12)NO.O=C(/C=C/c1csc2ccccc12)NO. The van der Waals surface area contributed by atoms with Crippen LogP contribution in [0.3, 0.4) is 0 Å². The van der Waals surface area contributed by atoms with Crippen LogP contribution in [-0.2, 0) is 47.9 Å². The minimum Gasteiger partial charge on any atom is -0.478 e. The molecule has 15 rings (SSSR count). The van der Waals surface area contributed by atoms with Crippen LogP contribution in [0.2, 0.25) is 0 Å². The number of nitrogen functional groups attached to an aromatic ring is 2. The summed E-state index contributed by atoms with van der Waals surface area (Å²) in [6, 6.07) is 82.8. The summed E-state index contributed by atoms with van der Waals surface area (Å²) in [6.45, 7) is 1.98. The molecule has 4 aromatic heterocycles. The van der Waals surface area contributed by atoms with Gasteiger partial charge in [0.1, 0.15) is 5.58 Å². The van der Waals surface area contributed by atoms with Crippen molar-refractivity contribution in [3.05, 3.63) is 422 Å². The predicted octanol–water partition coefficient (Wildman–Crippen LogP) is 16.4. The van der Waals surface area contributed by atoms with Crippen LogP contribution in [0, 0.1) is 10.5 Å². The largest absolute Gasteiger partial charge is 0.478 e. The van der Waals surface area contributed by atoms with E-state index in [2.05, 4.69) is 43.6 Å². The summed E-state index contributed by atoms with van der Waals surface area (Å²) < 4.78 is 7.59. The van der Waals surface area contributed by atoms with Gasteiger partial charge >= 0.3 is 5.97 Å². The molecule has 148 heavy (non-hydrogen) atoms. The fraction of sp³-hybridized carbons (Fsp3) is 0.0370. The number of carbonyl (C=O) groups is 11. The molecule has 15 aromatic rings. The van der Waals surface area contributed by atoms with E-state index in [1.807, 2.05) is 225 Å². The first-order valence-corrected chi connectivity index (χ1v) is 45.4. The number of aromatic nitrogens is 3. The monoisotopic (exact) mass is 2140 g/mol. The Labute approximate surface area is 864 Å². The number of H-pyrrole nitrogens is 2. The molecule has 25 N–H and O–H groups in total. The van der Waals surface area contributed by atoms with Crippen LogP contribution in [0.4, 0.5) is 22.7 Å². The first-order chi connectivity index (χ1) is 71.3. The van der Waals surface area contributed by atoms with Crippen LogP contribution in [0.15, 0.2) is 356 Å². The van der Waals surface area contributed by atoms with Crippen molar-refractivity contribution in [1.82, 2.24) is 64.3 Å². The summed E-state index contributed by atoms with van der Waals surface area (Å²) >= 11 is 3.83. The van der Waals surface area contributed by atoms with Gasteiger partial charge in [0.25, 0.3) is 59.1 Å². The average molecular weight is 2140 g/mol. The lowest BCUT2D eigenvalue weighted by Crippen LogP contribution is -2.26. The molecule has 0 radical (unpaired) electrons. The molecule has 10 amide bonds. The Kier molecular flexibility index (Phi) is 52.7. The third-order valence-corrected chi connectivity index (χ3v) is 20.8. The van der Waals surface area contributed by atoms with Gasteiger partial charge in [-0.2, -0.15) is 0 Å². The molecule has 0 atom stereocenters. The molecule has 0 saturated carbocycles. The number of rotatable bonds is 23. The Balaban J connectivity index is 0.000000252. The molecular formula is C108H105IN16O22S. The van der Waals surface area contributed by atoms with E-state index < -0.39 is 59.1 Å². The molecular weight excluding hydrogens is 2030 g/mol. The van der Waals surface area contributed by atoms with E-state index in [0.717, 1.165) is 115 Å².